The fourth-order valence-electron chi connectivity index (χ4n) is 3.48. The Hall–Kier alpha value is -1.50. The standard InChI is InChI=1S/2C7H8FN.2C6H3F4N.2C6H6FN.6CH4.6CH3.6Ta/c1-2-6-3-4-9-5-7(6)8;1-2-6-3-4-9-7(8)5-6;7-5-3-11-2-1-4(5)6(8,9)10;7-5-3-4(1-2-11-5)6(8,9)10;1-5-2-3-8-4-6(5)7;1-5-2-3-8-6(7)4-5;;;;;;;;;;;;;;;;;;/h2*3-5H,2H2,1H3;2*1-3H;2*2-4H,1H3;6*1H4;6*1H3;;;;;;/q;;;;;;;;;;;;6*-1;;;;;;. The predicted octanol–water partition coefficient (Wildman–Crippen LogP) is 17.6. The molecule has 0 aliphatic rings. The number of hydrogen-bond acceptors (Lipinski definition) is 6. The van der Waals surface area contributed by atoms with Crippen LogP contribution in [0.4, 0.5) is 52.7 Å². The molecule has 6 rings (SSSR count). The van der Waals surface area contributed by atoms with Crippen LogP contribution in [0.2, 0.25) is 0 Å². The normalized spacial score (nSPS) is 7.78. The summed E-state index contributed by atoms with van der Waals surface area (Å²) in [6.07, 6.45) is 3.20. The van der Waals surface area contributed by atoms with E-state index in [-0.39, 0.29) is 235 Å². The molecule has 74 heavy (non-hydrogen) atoms. The molecule has 0 saturated carbocycles. The molecule has 0 spiro atoms. The minimum absolute atomic E-state index is 0. The summed E-state index contributed by atoms with van der Waals surface area (Å²) < 4.78 is 144. The molecule has 0 atom stereocenters. The maximum atomic E-state index is 12.5. The summed E-state index contributed by atoms with van der Waals surface area (Å²) in [5, 5.41) is 0. The molecular formula is C50H76F12N6Ta6-6. The Bertz CT molecular complexity index is 2020. The van der Waals surface area contributed by atoms with E-state index in [1.807, 2.05) is 26.8 Å². The third-order valence-electron chi connectivity index (χ3n) is 6.43. The van der Waals surface area contributed by atoms with Crippen molar-refractivity contribution in [2.24, 2.45) is 0 Å². The van der Waals surface area contributed by atoms with E-state index in [0.717, 1.165) is 41.9 Å². The van der Waals surface area contributed by atoms with Crippen LogP contribution in [0.15, 0.2) is 110 Å². The molecule has 0 aliphatic heterocycles. The summed E-state index contributed by atoms with van der Waals surface area (Å²) in [6.45, 7) is 7.43. The number of rotatable bonds is 2. The molecule has 0 amide bonds. The van der Waals surface area contributed by atoms with Crippen LogP contribution >= 0.6 is 0 Å². The monoisotopic (exact) mass is 2070 g/mol. The SMILES string of the molecule is C.C.C.C.C.C.CCc1ccnc(F)c1.CCc1ccncc1F.Cc1ccnc(F)c1.Cc1ccncc1F.Fc1cc(C(F)(F)F)ccn1.Fc1cnccc1C(F)(F)F.[CH3-].[CH3-].[CH3-].[CH3-].[CH3-].[CH3-].[Ta].[Ta].[Ta].[Ta].[Ta].[Ta]. The topological polar surface area (TPSA) is 77.3 Å². The fraction of sp³-hybridized carbons (Fsp3) is 0.280. The van der Waals surface area contributed by atoms with Crippen LogP contribution in [-0.4, -0.2) is 29.9 Å². The third kappa shape index (κ3) is 56.7. The van der Waals surface area contributed by atoms with Gasteiger partial charge in [-0.1, -0.05) is 58.4 Å². The second kappa shape index (κ2) is 67.6. The molecule has 0 aromatic carbocycles. The average molecular weight is 2070 g/mol. The molecule has 24 heteroatoms. The van der Waals surface area contributed by atoms with Gasteiger partial charge in [0.05, 0.1) is 29.7 Å². The van der Waals surface area contributed by atoms with Gasteiger partial charge in [0.2, 0.25) is 17.8 Å². The van der Waals surface area contributed by atoms with E-state index in [1.165, 1.54) is 36.9 Å². The van der Waals surface area contributed by atoms with Gasteiger partial charge in [0.1, 0.15) is 11.6 Å². The summed E-state index contributed by atoms with van der Waals surface area (Å²) in [5.41, 5.74) is 0.947. The van der Waals surface area contributed by atoms with Gasteiger partial charge in [-0.2, -0.15) is 39.5 Å². The largest absolute Gasteiger partial charge is 0.419 e. The molecule has 6 nitrogen and oxygen atoms in total. The Labute approximate surface area is 532 Å². The zero-order valence-corrected chi connectivity index (χ0v) is 58.0. The Kier molecular flexibility index (Phi) is 114. The summed E-state index contributed by atoms with van der Waals surface area (Å²) in [4.78, 5) is 20.2. The zero-order valence-electron chi connectivity index (χ0n) is 38.7. The van der Waals surface area contributed by atoms with E-state index < -0.39 is 47.1 Å². The van der Waals surface area contributed by atoms with Gasteiger partial charge in [-0.3, -0.25) is 15.0 Å². The molecule has 6 aromatic rings. The van der Waals surface area contributed by atoms with Crippen molar-refractivity contribution in [3.05, 3.63) is 224 Å². The van der Waals surface area contributed by atoms with Crippen molar-refractivity contribution in [1.29, 1.82) is 0 Å². The average Bonchev–Trinajstić information content (AvgIpc) is 3.14. The smallest absolute Gasteiger partial charge is 0.358 e. The number of alkyl halides is 6. The van der Waals surface area contributed by atoms with Crippen LogP contribution in [0, 0.1) is 93.7 Å². The molecule has 6 radical (unpaired) electrons. The van der Waals surface area contributed by atoms with Crippen LogP contribution in [-0.2, 0) is 159 Å². The summed E-state index contributed by atoms with van der Waals surface area (Å²) in [7, 11) is 0. The molecular weight excluding hydrogens is 2000 g/mol. The molecule has 0 saturated heterocycles. The van der Waals surface area contributed by atoms with Crippen LogP contribution in [0.1, 0.15) is 91.8 Å². The number of nitrogens with zero attached hydrogens (tertiary/aromatic N) is 6. The van der Waals surface area contributed by atoms with Gasteiger partial charge in [0, 0.05) is 178 Å². The van der Waals surface area contributed by atoms with E-state index in [9.17, 15) is 52.7 Å². The maximum Gasteiger partial charge on any atom is 0.419 e. The quantitative estimate of drug-likeness (QED) is 0.0977. The van der Waals surface area contributed by atoms with Gasteiger partial charge >= 0.3 is 12.4 Å². The molecule has 0 N–H and O–H groups in total. The summed E-state index contributed by atoms with van der Waals surface area (Å²) in [6, 6.07) is 11.4. The minimum Gasteiger partial charge on any atom is -0.358 e. The van der Waals surface area contributed by atoms with Crippen molar-refractivity contribution in [3.8, 4) is 0 Å². The molecule has 6 heterocycles. The predicted molar refractivity (Wildman–Crippen MR) is 262 cm³/mol. The van der Waals surface area contributed by atoms with Crippen molar-refractivity contribution in [2.75, 3.05) is 0 Å². The first-order valence-electron chi connectivity index (χ1n) is 16.0. The second-order valence-corrected chi connectivity index (χ2v) is 10.7. The third-order valence-corrected chi connectivity index (χ3v) is 6.43. The van der Waals surface area contributed by atoms with Crippen LogP contribution < -0.4 is 0 Å². The molecule has 426 valence electrons. The van der Waals surface area contributed by atoms with Gasteiger partial charge in [0.15, 0.2) is 5.82 Å². The molecule has 0 fully saturated rings. The van der Waals surface area contributed by atoms with Crippen molar-refractivity contribution >= 4 is 0 Å². The maximum absolute atomic E-state index is 12.5. The number of halogens is 12. The number of aromatic nitrogens is 6. The van der Waals surface area contributed by atoms with Crippen LogP contribution in [0.5, 0.6) is 0 Å². The van der Waals surface area contributed by atoms with Gasteiger partial charge in [-0.15, -0.1) is 0 Å². The zero-order chi connectivity index (χ0) is 42.3. The number of pyridine rings is 6. The van der Waals surface area contributed by atoms with Gasteiger partial charge in [-0.25, -0.2) is 28.1 Å². The van der Waals surface area contributed by atoms with Gasteiger partial charge in [-0.05, 0) is 97.5 Å². The molecule has 0 aliphatic carbocycles. The summed E-state index contributed by atoms with van der Waals surface area (Å²) in [5.74, 6) is -3.73. The van der Waals surface area contributed by atoms with Crippen molar-refractivity contribution in [3.63, 3.8) is 0 Å². The number of hydrogen-bond donors (Lipinski definition) is 0. The van der Waals surface area contributed by atoms with E-state index >= 15 is 0 Å². The molecule has 0 bridgehead atoms. The van der Waals surface area contributed by atoms with E-state index in [0.29, 0.717) is 30.0 Å². The Morgan fingerprint density at radius 3 is 1.03 bits per heavy atom. The Morgan fingerprint density at radius 2 is 0.784 bits per heavy atom. The van der Waals surface area contributed by atoms with Crippen LogP contribution in [0.3, 0.4) is 0 Å². The molecule has 0 unspecified atom stereocenters. The van der Waals surface area contributed by atoms with Crippen molar-refractivity contribution in [1.82, 2.24) is 29.9 Å². The summed E-state index contributed by atoms with van der Waals surface area (Å²) >= 11 is 0. The second-order valence-electron chi connectivity index (χ2n) is 10.7. The van der Waals surface area contributed by atoms with Crippen molar-refractivity contribution < 1.29 is 187 Å². The van der Waals surface area contributed by atoms with E-state index in [4.69, 9.17) is 0 Å². The Morgan fingerprint density at radius 1 is 0.405 bits per heavy atom. The fourth-order valence-corrected chi connectivity index (χ4v) is 3.48. The van der Waals surface area contributed by atoms with E-state index in [2.05, 4.69) is 29.9 Å². The first-order valence-corrected chi connectivity index (χ1v) is 16.0. The first-order chi connectivity index (χ1) is 26.3. The van der Waals surface area contributed by atoms with Gasteiger partial charge < -0.3 is 44.6 Å². The Balaban J connectivity index is -0.0000000304. The molecule has 6 aromatic heterocycles. The van der Waals surface area contributed by atoms with E-state index in [1.54, 1.807) is 37.5 Å². The van der Waals surface area contributed by atoms with Gasteiger partial charge in [0.25, 0.3) is 0 Å². The number of aryl methyl sites for hydroxylation is 4. The first kappa shape index (κ1) is 125. The van der Waals surface area contributed by atoms with Crippen molar-refractivity contribution in [2.45, 2.75) is 97.4 Å². The van der Waals surface area contributed by atoms with Crippen LogP contribution in [0.25, 0.3) is 0 Å². The minimum atomic E-state index is -4.63.